The first-order chi connectivity index (χ1) is 7.34. The van der Waals surface area contributed by atoms with Crippen LogP contribution in [-0.4, -0.2) is 19.7 Å². The van der Waals surface area contributed by atoms with Gasteiger partial charge in [-0.25, -0.2) is 0 Å². The second kappa shape index (κ2) is 5.85. The van der Waals surface area contributed by atoms with Crippen LogP contribution in [0.4, 0.5) is 0 Å². The van der Waals surface area contributed by atoms with E-state index in [1.165, 1.54) is 24.3 Å². The Hall–Kier alpha value is -0.0900. The number of thiophene rings is 1. The van der Waals surface area contributed by atoms with Gasteiger partial charge in [0.15, 0.2) is 0 Å². The number of halogens is 1. The van der Waals surface area contributed by atoms with Crippen LogP contribution in [0.3, 0.4) is 0 Å². The highest BCUT2D eigenvalue weighted by Gasteiger charge is 2.13. The standard InChI is InChI=1S/C11H16ClNOS/c12-11-2-1-10(15-11)8-14-6-4-9-3-5-13-7-9/h1-2,9,13H,3-8H2. The maximum atomic E-state index is 5.83. The summed E-state index contributed by atoms with van der Waals surface area (Å²) in [7, 11) is 0. The van der Waals surface area contributed by atoms with Gasteiger partial charge in [0.1, 0.15) is 0 Å². The van der Waals surface area contributed by atoms with Crippen LogP contribution in [0.5, 0.6) is 0 Å². The lowest BCUT2D eigenvalue weighted by Gasteiger charge is -2.07. The molecule has 1 unspecified atom stereocenters. The minimum atomic E-state index is 0.706. The monoisotopic (exact) mass is 245 g/mol. The molecule has 4 heteroatoms. The van der Waals surface area contributed by atoms with Crippen LogP contribution in [-0.2, 0) is 11.3 Å². The topological polar surface area (TPSA) is 21.3 Å². The molecule has 0 radical (unpaired) electrons. The van der Waals surface area contributed by atoms with Gasteiger partial charge in [0.2, 0.25) is 0 Å². The molecule has 84 valence electrons. The van der Waals surface area contributed by atoms with E-state index in [2.05, 4.69) is 5.32 Å². The molecule has 0 saturated carbocycles. The molecular weight excluding hydrogens is 230 g/mol. The van der Waals surface area contributed by atoms with Crippen LogP contribution >= 0.6 is 22.9 Å². The first-order valence-corrected chi connectivity index (χ1v) is 6.57. The first-order valence-electron chi connectivity index (χ1n) is 5.37. The number of ether oxygens (including phenoxy) is 1. The predicted molar refractivity (Wildman–Crippen MR) is 64.6 cm³/mol. The third-order valence-corrected chi connectivity index (χ3v) is 3.91. The van der Waals surface area contributed by atoms with Crippen molar-refractivity contribution in [2.75, 3.05) is 19.7 Å². The minimum absolute atomic E-state index is 0.706. The van der Waals surface area contributed by atoms with Crippen LogP contribution in [0.1, 0.15) is 17.7 Å². The second-order valence-corrected chi connectivity index (χ2v) is 5.71. The molecule has 1 aliphatic heterocycles. The van der Waals surface area contributed by atoms with E-state index in [1.54, 1.807) is 11.3 Å². The summed E-state index contributed by atoms with van der Waals surface area (Å²) < 4.78 is 6.46. The summed E-state index contributed by atoms with van der Waals surface area (Å²) in [5.41, 5.74) is 0. The summed E-state index contributed by atoms with van der Waals surface area (Å²) in [6, 6.07) is 3.95. The van der Waals surface area contributed by atoms with Gasteiger partial charge < -0.3 is 10.1 Å². The molecule has 1 aliphatic rings. The Kier molecular flexibility index (Phi) is 4.44. The van der Waals surface area contributed by atoms with Crippen LogP contribution in [0.2, 0.25) is 4.34 Å². The molecule has 1 aromatic rings. The molecule has 1 aromatic heterocycles. The largest absolute Gasteiger partial charge is 0.376 e. The average molecular weight is 246 g/mol. The van der Waals surface area contributed by atoms with Crippen LogP contribution in [0.25, 0.3) is 0 Å². The molecule has 1 fully saturated rings. The molecule has 1 N–H and O–H groups in total. The molecule has 0 bridgehead atoms. The molecule has 0 amide bonds. The number of rotatable bonds is 5. The Morgan fingerprint density at radius 2 is 2.47 bits per heavy atom. The molecular formula is C11H16ClNOS. The van der Waals surface area contributed by atoms with Gasteiger partial charge in [0, 0.05) is 11.5 Å². The van der Waals surface area contributed by atoms with Gasteiger partial charge >= 0.3 is 0 Å². The fourth-order valence-corrected chi connectivity index (χ4v) is 2.84. The van der Waals surface area contributed by atoms with E-state index in [9.17, 15) is 0 Å². The van der Waals surface area contributed by atoms with Crippen LogP contribution in [0.15, 0.2) is 12.1 Å². The van der Waals surface area contributed by atoms with Crippen molar-refractivity contribution in [1.82, 2.24) is 5.32 Å². The SMILES string of the molecule is Clc1ccc(COCCC2CCNC2)s1. The van der Waals surface area contributed by atoms with E-state index in [0.717, 1.165) is 23.4 Å². The minimum Gasteiger partial charge on any atom is -0.376 e. The molecule has 2 heterocycles. The van der Waals surface area contributed by atoms with Crippen LogP contribution < -0.4 is 5.32 Å². The van der Waals surface area contributed by atoms with E-state index < -0.39 is 0 Å². The summed E-state index contributed by atoms with van der Waals surface area (Å²) >= 11 is 7.43. The van der Waals surface area contributed by atoms with Crippen LogP contribution in [0, 0.1) is 5.92 Å². The summed E-state index contributed by atoms with van der Waals surface area (Å²) in [6.07, 6.45) is 2.47. The Morgan fingerprint density at radius 1 is 1.53 bits per heavy atom. The summed E-state index contributed by atoms with van der Waals surface area (Å²) in [4.78, 5) is 1.21. The Bertz CT molecular complexity index is 297. The molecule has 2 rings (SSSR count). The Balaban J connectivity index is 1.58. The molecule has 15 heavy (non-hydrogen) atoms. The van der Waals surface area contributed by atoms with Gasteiger partial charge in [-0.3, -0.25) is 0 Å². The quantitative estimate of drug-likeness (QED) is 0.806. The van der Waals surface area contributed by atoms with Gasteiger partial charge in [0.05, 0.1) is 10.9 Å². The van der Waals surface area contributed by atoms with Gasteiger partial charge in [-0.1, -0.05) is 11.6 Å². The summed E-state index contributed by atoms with van der Waals surface area (Å²) in [5.74, 6) is 0.817. The predicted octanol–water partition coefficient (Wildman–Crippen LogP) is 2.92. The first kappa shape index (κ1) is 11.4. The normalized spacial score (nSPS) is 21.0. The lowest BCUT2D eigenvalue weighted by Crippen LogP contribution is -2.10. The third-order valence-electron chi connectivity index (χ3n) is 2.71. The van der Waals surface area contributed by atoms with Gasteiger partial charge in [0.25, 0.3) is 0 Å². The zero-order valence-electron chi connectivity index (χ0n) is 8.67. The van der Waals surface area contributed by atoms with Gasteiger partial charge in [-0.05, 0) is 44.0 Å². The van der Waals surface area contributed by atoms with E-state index in [0.29, 0.717) is 6.61 Å². The fraction of sp³-hybridized carbons (Fsp3) is 0.636. The van der Waals surface area contributed by atoms with Crippen molar-refractivity contribution in [3.05, 3.63) is 21.3 Å². The molecule has 0 aromatic carbocycles. The zero-order valence-corrected chi connectivity index (χ0v) is 10.2. The van der Waals surface area contributed by atoms with Gasteiger partial charge in [-0.15, -0.1) is 11.3 Å². The molecule has 0 spiro atoms. The van der Waals surface area contributed by atoms with Crippen molar-refractivity contribution >= 4 is 22.9 Å². The second-order valence-electron chi connectivity index (χ2n) is 3.91. The molecule has 1 saturated heterocycles. The Morgan fingerprint density at radius 3 is 3.13 bits per heavy atom. The van der Waals surface area contributed by atoms with Crippen molar-refractivity contribution in [2.24, 2.45) is 5.92 Å². The van der Waals surface area contributed by atoms with Gasteiger partial charge in [-0.2, -0.15) is 0 Å². The maximum absolute atomic E-state index is 5.83. The zero-order chi connectivity index (χ0) is 10.5. The molecule has 2 nitrogen and oxygen atoms in total. The Labute approximate surface area is 99.6 Å². The highest BCUT2D eigenvalue weighted by Crippen LogP contribution is 2.22. The van der Waals surface area contributed by atoms with Crippen molar-refractivity contribution < 1.29 is 4.74 Å². The smallest absolute Gasteiger partial charge is 0.0932 e. The van der Waals surface area contributed by atoms with E-state index >= 15 is 0 Å². The number of nitrogens with one attached hydrogen (secondary N) is 1. The van der Waals surface area contributed by atoms with E-state index in [4.69, 9.17) is 16.3 Å². The summed E-state index contributed by atoms with van der Waals surface area (Å²) in [5, 5.41) is 3.36. The van der Waals surface area contributed by atoms with Crippen molar-refractivity contribution in [2.45, 2.75) is 19.4 Å². The lowest BCUT2D eigenvalue weighted by molar-refractivity contribution is 0.111. The number of hydrogen-bond donors (Lipinski definition) is 1. The summed E-state index contributed by atoms with van der Waals surface area (Å²) in [6.45, 7) is 3.90. The van der Waals surface area contributed by atoms with Crippen molar-refractivity contribution in [3.63, 3.8) is 0 Å². The highest BCUT2D eigenvalue weighted by molar-refractivity contribution is 7.16. The van der Waals surface area contributed by atoms with E-state index in [-0.39, 0.29) is 0 Å². The third kappa shape index (κ3) is 3.76. The van der Waals surface area contributed by atoms with E-state index in [1.807, 2.05) is 12.1 Å². The number of hydrogen-bond acceptors (Lipinski definition) is 3. The lowest BCUT2D eigenvalue weighted by atomic mass is 10.1. The highest BCUT2D eigenvalue weighted by atomic mass is 35.5. The van der Waals surface area contributed by atoms with Crippen molar-refractivity contribution in [3.8, 4) is 0 Å². The maximum Gasteiger partial charge on any atom is 0.0932 e. The molecule has 1 atom stereocenters. The average Bonchev–Trinajstić information content (AvgIpc) is 2.84. The van der Waals surface area contributed by atoms with Crippen molar-refractivity contribution in [1.29, 1.82) is 0 Å². The fourth-order valence-electron chi connectivity index (χ4n) is 1.81. The molecule has 0 aliphatic carbocycles.